The van der Waals surface area contributed by atoms with Crippen molar-refractivity contribution in [3.05, 3.63) is 65.2 Å². The van der Waals surface area contributed by atoms with Crippen molar-refractivity contribution in [2.24, 2.45) is 0 Å². The van der Waals surface area contributed by atoms with E-state index in [1.54, 1.807) is 18.2 Å². The molecule has 0 saturated carbocycles. The summed E-state index contributed by atoms with van der Waals surface area (Å²) in [5, 5.41) is 0. The Morgan fingerprint density at radius 2 is 1.70 bits per heavy atom. The summed E-state index contributed by atoms with van der Waals surface area (Å²) in [5.74, 6) is 0.122. The summed E-state index contributed by atoms with van der Waals surface area (Å²) in [5.41, 5.74) is 2.66. The average molecular weight is 432 g/mol. The van der Waals surface area contributed by atoms with E-state index in [0.717, 1.165) is 12.0 Å². The highest BCUT2D eigenvalue weighted by Crippen LogP contribution is 2.24. The van der Waals surface area contributed by atoms with E-state index in [2.05, 4.69) is 20.8 Å². The first-order chi connectivity index (χ1) is 14.0. The number of amides is 1. The van der Waals surface area contributed by atoms with Gasteiger partial charge in [0.1, 0.15) is 5.75 Å². The number of carbonyl (C=O) groups is 1. The van der Waals surface area contributed by atoms with Crippen LogP contribution in [0.15, 0.2) is 48.5 Å². The Hall–Kier alpha value is -2.34. The number of benzene rings is 2. The van der Waals surface area contributed by atoms with E-state index in [1.807, 2.05) is 49.1 Å². The van der Waals surface area contributed by atoms with E-state index in [0.29, 0.717) is 12.1 Å². The molecule has 0 bridgehead atoms. The highest BCUT2D eigenvalue weighted by molar-refractivity contribution is 7.87. The summed E-state index contributed by atoms with van der Waals surface area (Å²) >= 11 is 0. The Morgan fingerprint density at radius 3 is 2.23 bits per heavy atom. The van der Waals surface area contributed by atoms with E-state index in [4.69, 9.17) is 4.18 Å². The monoisotopic (exact) mass is 431 g/mol. The van der Waals surface area contributed by atoms with Crippen molar-refractivity contribution in [3.63, 3.8) is 0 Å². The first-order valence-corrected chi connectivity index (χ1v) is 12.0. The molecule has 0 heterocycles. The molecule has 0 aliphatic heterocycles. The second kappa shape index (κ2) is 9.65. The minimum atomic E-state index is -3.59. The van der Waals surface area contributed by atoms with Gasteiger partial charge in [0.05, 0.1) is 5.75 Å². The van der Waals surface area contributed by atoms with E-state index >= 15 is 0 Å². The summed E-state index contributed by atoms with van der Waals surface area (Å²) in [7, 11) is -3.59. The van der Waals surface area contributed by atoms with Crippen LogP contribution in [-0.2, 0) is 22.1 Å². The topological polar surface area (TPSA) is 63.7 Å². The molecule has 2 aromatic rings. The zero-order valence-electron chi connectivity index (χ0n) is 18.8. The molecule has 1 atom stereocenters. The lowest BCUT2D eigenvalue weighted by atomic mass is 9.86. The molecule has 0 unspecified atom stereocenters. The van der Waals surface area contributed by atoms with Crippen molar-refractivity contribution in [3.8, 4) is 5.75 Å². The molecule has 0 aromatic heterocycles. The Morgan fingerprint density at radius 1 is 1.07 bits per heavy atom. The molecule has 0 aliphatic rings. The average Bonchev–Trinajstić information content (AvgIpc) is 2.70. The van der Waals surface area contributed by atoms with Gasteiger partial charge < -0.3 is 9.08 Å². The number of hydrogen-bond acceptors (Lipinski definition) is 4. The maximum Gasteiger partial charge on any atom is 0.308 e. The van der Waals surface area contributed by atoms with Crippen molar-refractivity contribution < 1.29 is 17.4 Å². The van der Waals surface area contributed by atoms with Crippen LogP contribution in [0.3, 0.4) is 0 Å². The Labute approximate surface area is 181 Å². The molecule has 0 aliphatic carbocycles. The number of hydrogen-bond donors (Lipinski definition) is 0. The van der Waals surface area contributed by atoms with Gasteiger partial charge in [0.2, 0.25) is 0 Å². The summed E-state index contributed by atoms with van der Waals surface area (Å²) < 4.78 is 28.6. The minimum Gasteiger partial charge on any atom is -0.382 e. The predicted molar refractivity (Wildman–Crippen MR) is 121 cm³/mol. The smallest absolute Gasteiger partial charge is 0.308 e. The molecule has 0 N–H and O–H groups in total. The molecule has 0 spiro atoms. The van der Waals surface area contributed by atoms with Crippen LogP contribution in [0.1, 0.15) is 69.4 Å². The third kappa shape index (κ3) is 6.33. The zero-order chi connectivity index (χ0) is 22.5. The lowest BCUT2D eigenvalue weighted by Crippen LogP contribution is -2.37. The van der Waals surface area contributed by atoms with Crippen LogP contribution in [0.2, 0.25) is 0 Å². The quantitative estimate of drug-likeness (QED) is 0.542. The number of carbonyl (C=O) groups excluding carboxylic acids is 1. The second-order valence-corrected chi connectivity index (χ2v) is 10.5. The molecule has 2 rings (SSSR count). The second-order valence-electron chi connectivity index (χ2n) is 8.59. The van der Waals surface area contributed by atoms with E-state index < -0.39 is 10.1 Å². The summed E-state index contributed by atoms with van der Waals surface area (Å²) in [6, 6.07) is 14.7. The lowest BCUT2D eigenvalue weighted by Gasteiger charge is -2.29. The van der Waals surface area contributed by atoms with Crippen molar-refractivity contribution in [2.75, 3.05) is 5.75 Å². The zero-order valence-corrected chi connectivity index (χ0v) is 19.6. The fraction of sp³-hybridized carbons (Fsp3) is 0.458. The Bertz CT molecular complexity index is 959. The van der Waals surface area contributed by atoms with E-state index in [-0.39, 0.29) is 28.9 Å². The van der Waals surface area contributed by atoms with Crippen LogP contribution in [0.25, 0.3) is 0 Å². The van der Waals surface area contributed by atoms with Gasteiger partial charge in [-0.15, -0.1) is 0 Å². The molecule has 1 amide bonds. The van der Waals surface area contributed by atoms with Gasteiger partial charge in [-0.2, -0.15) is 8.42 Å². The van der Waals surface area contributed by atoms with Crippen molar-refractivity contribution in [1.29, 1.82) is 0 Å². The van der Waals surface area contributed by atoms with Crippen LogP contribution in [0.5, 0.6) is 5.75 Å². The van der Waals surface area contributed by atoms with Crippen LogP contribution >= 0.6 is 0 Å². The van der Waals surface area contributed by atoms with Gasteiger partial charge in [0.15, 0.2) is 0 Å². The third-order valence-corrected chi connectivity index (χ3v) is 6.36. The molecule has 164 valence electrons. The number of rotatable bonds is 8. The molecular weight excluding hydrogens is 398 g/mol. The summed E-state index contributed by atoms with van der Waals surface area (Å²) in [4.78, 5) is 15.1. The van der Waals surface area contributed by atoms with Gasteiger partial charge in [-0.25, -0.2) is 0 Å². The highest BCUT2D eigenvalue weighted by atomic mass is 32.2. The minimum absolute atomic E-state index is 0.0250. The lowest BCUT2D eigenvalue weighted by molar-refractivity contribution is 0.0671. The molecule has 0 fully saturated rings. The van der Waals surface area contributed by atoms with Crippen molar-refractivity contribution in [2.45, 2.75) is 66.0 Å². The molecule has 0 saturated heterocycles. The van der Waals surface area contributed by atoms with E-state index in [1.165, 1.54) is 12.5 Å². The van der Waals surface area contributed by atoms with Crippen molar-refractivity contribution in [1.82, 2.24) is 4.90 Å². The summed E-state index contributed by atoms with van der Waals surface area (Å²) in [6.45, 7) is 12.4. The highest BCUT2D eigenvalue weighted by Gasteiger charge is 2.22. The normalized spacial score (nSPS) is 13.0. The fourth-order valence-corrected chi connectivity index (χ4v) is 3.54. The van der Waals surface area contributed by atoms with Crippen LogP contribution in [-0.4, -0.2) is 31.0 Å². The van der Waals surface area contributed by atoms with E-state index in [9.17, 15) is 13.2 Å². The fourth-order valence-electron chi connectivity index (χ4n) is 3.02. The van der Waals surface area contributed by atoms with Gasteiger partial charge in [0.25, 0.3) is 5.91 Å². The molecule has 2 aromatic carbocycles. The standard InChI is InChI=1S/C24H33NO4S/c1-7-18(3)25(23(26)20-12-14-21(15-13-20)24(4,5)6)17-19-10-9-11-22(16-19)29-30(27,28)8-2/h9-16,18H,7-8,17H2,1-6H3/t18-/m0/s1. The van der Waals surface area contributed by atoms with Crippen LogP contribution in [0.4, 0.5) is 0 Å². The molecule has 30 heavy (non-hydrogen) atoms. The van der Waals surface area contributed by atoms with Crippen LogP contribution in [0, 0.1) is 0 Å². The van der Waals surface area contributed by atoms with Gasteiger partial charge in [0, 0.05) is 18.2 Å². The van der Waals surface area contributed by atoms with Gasteiger partial charge in [-0.05, 0) is 61.1 Å². The Balaban J connectivity index is 2.27. The van der Waals surface area contributed by atoms with Gasteiger partial charge >= 0.3 is 10.1 Å². The first-order valence-electron chi connectivity index (χ1n) is 10.4. The Kier molecular flexibility index (Phi) is 7.70. The molecular formula is C24H33NO4S. The maximum absolute atomic E-state index is 13.3. The predicted octanol–water partition coefficient (Wildman–Crippen LogP) is 5.15. The molecule has 5 nitrogen and oxygen atoms in total. The molecule has 6 heteroatoms. The number of nitrogens with zero attached hydrogens (tertiary/aromatic N) is 1. The largest absolute Gasteiger partial charge is 0.382 e. The third-order valence-electron chi connectivity index (χ3n) is 5.21. The summed E-state index contributed by atoms with van der Waals surface area (Å²) in [6.07, 6.45) is 0.812. The molecule has 0 radical (unpaired) electrons. The van der Waals surface area contributed by atoms with Crippen molar-refractivity contribution >= 4 is 16.0 Å². The van der Waals surface area contributed by atoms with Gasteiger partial charge in [-0.3, -0.25) is 4.79 Å². The maximum atomic E-state index is 13.3. The first kappa shape index (κ1) is 23.9. The van der Waals surface area contributed by atoms with Crippen LogP contribution < -0.4 is 4.18 Å². The SMILES string of the molecule is CC[C@H](C)N(Cc1cccc(OS(=O)(=O)CC)c1)C(=O)c1ccc(C(C)(C)C)cc1. The van der Waals surface area contributed by atoms with Gasteiger partial charge in [-0.1, -0.05) is 52.0 Å².